The van der Waals surface area contributed by atoms with Crippen LogP contribution in [0.15, 0.2) is 84.9 Å². The number of hydrogen-bond acceptors (Lipinski definition) is 12. The summed E-state index contributed by atoms with van der Waals surface area (Å²) >= 11 is 0. The van der Waals surface area contributed by atoms with Crippen LogP contribution in [0.1, 0.15) is 161 Å². The number of ether oxygens (including phenoxy) is 4. The van der Waals surface area contributed by atoms with E-state index < -0.39 is 45.4 Å². The minimum atomic E-state index is -3.66. The molecule has 0 aliphatic heterocycles. The summed E-state index contributed by atoms with van der Waals surface area (Å²) in [5, 5.41) is 18.1. The highest BCUT2D eigenvalue weighted by Gasteiger charge is 2.31. The molecule has 0 saturated heterocycles. The summed E-state index contributed by atoms with van der Waals surface area (Å²) in [4.78, 5) is 49.8. The monoisotopic (exact) mass is 1090 g/mol. The topological polar surface area (TPSA) is 203 Å². The van der Waals surface area contributed by atoms with Crippen molar-refractivity contribution >= 4 is 56.0 Å². The molecule has 8 rings (SSSR count). The second kappa shape index (κ2) is 25.8. The van der Waals surface area contributed by atoms with Crippen LogP contribution in [0.2, 0.25) is 0 Å². The van der Waals surface area contributed by atoms with Crippen molar-refractivity contribution in [3.63, 3.8) is 0 Å². The van der Waals surface area contributed by atoms with Crippen molar-refractivity contribution in [2.45, 2.75) is 155 Å². The Kier molecular flexibility index (Phi) is 19.5. The number of rotatable bonds is 16. The number of hydrogen-bond donors (Lipinski definition) is 3. The number of nitrogens with zero attached hydrogens (tertiary/aromatic N) is 2. The number of methoxy groups -OCH3 is 2. The van der Waals surface area contributed by atoms with Crippen molar-refractivity contribution in [1.29, 1.82) is 0 Å². The molecule has 6 aromatic rings. The van der Waals surface area contributed by atoms with Gasteiger partial charge in [0.1, 0.15) is 11.2 Å². The van der Waals surface area contributed by atoms with Gasteiger partial charge in [0.15, 0.2) is 0 Å². The maximum atomic E-state index is 12.5. The summed E-state index contributed by atoms with van der Waals surface area (Å²) in [5.74, 6) is -0.163. The molecule has 78 heavy (non-hydrogen) atoms. The lowest BCUT2D eigenvalue weighted by Gasteiger charge is -2.24. The Bertz CT molecular complexity index is 3200. The largest absolute Gasteiger partial charge is 0.465 e. The highest BCUT2D eigenvalue weighted by Crippen LogP contribution is 2.47. The molecule has 2 aliphatic rings. The molecule has 3 N–H and O–H groups in total. The summed E-state index contributed by atoms with van der Waals surface area (Å²) < 4.78 is 54.2. The molecule has 0 bridgehead atoms. The minimum absolute atomic E-state index is 0.0780. The summed E-state index contributed by atoms with van der Waals surface area (Å²) in [7, 11) is -0.927. The molecular weight excluding hydrogens is 1010 g/mol. The van der Waals surface area contributed by atoms with Gasteiger partial charge in [-0.15, -0.1) is 0 Å². The first kappa shape index (κ1) is 59.0. The zero-order valence-corrected chi connectivity index (χ0v) is 47.6. The molecular formula is C61H78N4O12S. The second-order valence-electron chi connectivity index (χ2n) is 22.2. The van der Waals surface area contributed by atoms with Gasteiger partial charge in [0.2, 0.25) is 0 Å². The number of carbonyl (C=O) groups is 4. The summed E-state index contributed by atoms with van der Waals surface area (Å²) in [6.07, 6.45) is 11.3. The Hall–Kier alpha value is -6.69. The van der Waals surface area contributed by atoms with Gasteiger partial charge in [0, 0.05) is 59.1 Å². The van der Waals surface area contributed by atoms with E-state index in [1.165, 1.54) is 51.0 Å². The predicted molar refractivity (Wildman–Crippen MR) is 303 cm³/mol. The normalized spacial score (nSPS) is 14.6. The fourth-order valence-corrected chi connectivity index (χ4v) is 11.3. The van der Waals surface area contributed by atoms with Crippen molar-refractivity contribution in [2.24, 2.45) is 0 Å². The van der Waals surface area contributed by atoms with Crippen LogP contribution >= 0.6 is 0 Å². The van der Waals surface area contributed by atoms with Crippen LogP contribution in [-0.2, 0) is 59.6 Å². The number of alkyl carbamates (subject to hydrolysis) is 2. The van der Waals surface area contributed by atoms with Crippen LogP contribution in [0.5, 0.6) is 0 Å². The summed E-state index contributed by atoms with van der Waals surface area (Å²) in [5.41, 5.74) is 9.24. The van der Waals surface area contributed by atoms with E-state index in [9.17, 15) is 32.7 Å². The maximum absolute atomic E-state index is 12.5. The Morgan fingerprint density at radius 3 is 1.37 bits per heavy atom. The second-order valence-corrected chi connectivity index (χ2v) is 23.9. The van der Waals surface area contributed by atoms with E-state index in [1.807, 2.05) is 120 Å². The molecule has 2 saturated carbocycles. The van der Waals surface area contributed by atoms with E-state index >= 15 is 0 Å². The van der Waals surface area contributed by atoms with Gasteiger partial charge in [0.05, 0.1) is 56.2 Å². The summed E-state index contributed by atoms with van der Waals surface area (Å²) in [6.45, 7) is 12.2. The van der Waals surface area contributed by atoms with Crippen LogP contribution in [0.25, 0.3) is 44.3 Å². The van der Waals surface area contributed by atoms with Crippen molar-refractivity contribution in [2.75, 3.05) is 33.6 Å². The van der Waals surface area contributed by atoms with Crippen LogP contribution < -0.4 is 10.6 Å². The minimum Gasteiger partial charge on any atom is -0.465 e. The van der Waals surface area contributed by atoms with E-state index in [1.54, 1.807) is 6.07 Å². The van der Waals surface area contributed by atoms with E-state index in [2.05, 4.69) is 19.8 Å². The molecule has 17 heteroatoms. The lowest BCUT2D eigenvalue weighted by Crippen LogP contribution is -2.34. The standard InChI is InChI=1S/C31H40N2O7S.C30H38N2O5/c1-31(2,3)40-30(35)32-17-18-33-26-19-22(29(34)38-4)15-16-25(26)27(21-11-7-6-8-12-21)28(33)24-14-10-9-13-23(24)20-39-41(5,36)37;1-30(2,3)37-29(35)31-16-17-32-25-18-21(28(34)36-4)14-15-24(25)26(20-10-6-5-7-11-20)27(32)23-13-9-8-12-22(23)19-33/h9-10,13-16,19,21H,6-8,11-12,17-18,20H2,1-5H3,(H,32,35);8-9,12-15,18,20,33H,5-7,10-11,16-17,19H2,1-4H3,(H,31,35). The van der Waals surface area contributed by atoms with E-state index in [0.29, 0.717) is 36.7 Å². The number of esters is 2. The first-order valence-electron chi connectivity index (χ1n) is 27.2. The third-order valence-electron chi connectivity index (χ3n) is 14.2. The van der Waals surface area contributed by atoms with Crippen molar-refractivity contribution in [3.05, 3.63) is 118 Å². The molecule has 4 aromatic carbocycles. The van der Waals surface area contributed by atoms with Crippen molar-refractivity contribution in [3.8, 4) is 22.5 Å². The zero-order chi connectivity index (χ0) is 56.4. The van der Waals surface area contributed by atoms with Gasteiger partial charge in [-0.05, 0) is 126 Å². The highest BCUT2D eigenvalue weighted by atomic mass is 32.2. The van der Waals surface area contributed by atoms with Crippen molar-refractivity contribution in [1.82, 2.24) is 19.8 Å². The molecule has 2 amide bonds. The van der Waals surface area contributed by atoms with Gasteiger partial charge in [-0.2, -0.15) is 8.42 Å². The quantitative estimate of drug-likeness (QED) is 0.0471. The van der Waals surface area contributed by atoms with Gasteiger partial charge >= 0.3 is 24.1 Å². The number of benzene rings is 4. The molecule has 0 spiro atoms. The Morgan fingerprint density at radius 2 is 0.987 bits per heavy atom. The van der Waals surface area contributed by atoms with Gasteiger partial charge in [-0.25, -0.2) is 19.2 Å². The lowest BCUT2D eigenvalue weighted by atomic mass is 9.81. The number of carbonyl (C=O) groups excluding carboxylic acids is 4. The third-order valence-corrected chi connectivity index (χ3v) is 14.8. The van der Waals surface area contributed by atoms with Crippen LogP contribution in [0.4, 0.5) is 9.59 Å². The smallest absolute Gasteiger partial charge is 0.407 e. The Labute approximate surface area is 459 Å². The average Bonchev–Trinajstić information content (AvgIpc) is 4.05. The lowest BCUT2D eigenvalue weighted by molar-refractivity contribution is 0.0514. The molecule has 0 unspecified atom stereocenters. The Balaban J connectivity index is 0.000000227. The number of aliphatic hydroxyl groups excluding tert-OH is 1. The molecule has 2 heterocycles. The van der Waals surface area contributed by atoms with Gasteiger partial charge in [0.25, 0.3) is 10.1 Å². The van der Waals surface area contributed by atoms with E-state index in [-0.39, 0.29) is 25.7 Å². The molecule has 2 aliphatic carbocycles. The van der Waals surface area contributed by atoms with Gasteiger partial charge in [-0.3, -0.25) is 4.18 Å². The maximum Gasteiger partial charge on any atom is 0.407 e. The van der Waals surface area contributed by atoms with Crippen LogP contribution in [-0.4, -0.2) is 91.6 Å². The number of aliphatic hydroxyl groups is 1. The third kappa shape index (κ3) is 14.9. The van der Waals surface area contributed by atoms with Crippen LogP contribution in [0, 0.1) is 0 Å². The molecule has 420 valence electrons. The molecule has 16 nitrogen and oxygen atoms in total. The zero-order valence-electron chi connectivity index (χ0n) is 46.8. The van der Waals surface area contributed by atoms with E-state index in [4.69, 9.17) is 23.1 Å². The fourth-order valence-electron chi connectivity index (χ4n) is 11.0. The van der Waals surface area contributed by atoms with Gasteiger partial charge < -0.3 is 43.8 Å². The van der Waals surface area contributed by atoms with E-state index in [0.717, 1.165) is 100 Å². The first-order chi connectivity index (χ1) is 37.1. The number of nitrogens with one attached hydrogen (secondary N) is 2. The SMILES string of the molecule is COC(=O)c1ccc2c(C3CCCCC3)c(-c3ccccc3CO)n(CCNC(=O)OC(C)(C)C)c2c1.COC(=O)c1ccc2c(C3CCCCC3)c(-c3ccccc3COS(C)(=O)=O)n(CCNC(=O)OC(C)(C)C)c2c1. The van der Waals surface area contributed by atoms with Crippen LogP contribution in [0.3, 0.4) is 0 Å². The Morgan fingerprint density at radius 1 is 0.590 bits per heavy atom. The number of fused-ring (bicyclic) bond motifs is 2. The summed E-state index contributed by atoms with van der Waals surface area (Å²) in [6, 6.07) is 26.8. The fraction of sp³-hybridized carbons (Fsp3) is 0.475. The molecule has 0 atom stereocenters. The predicted octanol–water partition coefficient (Wildman–Crippen LogP) is 12.3. The number of amides is 2. The van der Waals surface area contributed by atoms with Crippen molar-refractivity contribution < 1.29 is 55.8 Å². The molecule has 0 radical (unpaired) electrons. The first-order valence-corrected chi connectivity index (χ1v) is 29.0. The van der Waals surface area contributed by atoms with Gasteiger partial charge in [-0.1, -0.05) is 99.2 Å². The highest BCUT2D eigenvalue weighted by molar-refractivity contribution is 7.85. The molecule has 2 fully saturated rings. The number of aromatic nitrogens is 2. The molecule has 2 aromatic heterocycles. The average molecular weight is 1090 g/mol.